The highest BCUT2D eigenvalue weighted by Crippen LogP contribution is 2.30. The van der Waals surface area contributed by atoms with Gasteiger partial charge >= 0.3 is 5.97 Å². The van der Waals surface area contributed by atoms with Crippen LogP contribution in [0.2, 0.25) is 0 Å². The molecule has 1 N–H and O–H groups in total. The van der Waals surface area contributed by atoms with Crippen LogP contribution in [0.1, 0.15) is 11.6 Å². The van der Waals surface area contributed by atoms with Crippen LogP contribution >= 0.6 is 11.8 Å². The van der Waals surface area contributed by atoms with E-state index in [9.17, 15) is 4.79 Å². The molecular weight excluding hydrogens is 278 g/mol. The van der Waals surface area contributed by atoms with E-state index in [2.05, 4.69) is 10.1 Å². The molecule has 1 aromatic rings. The number of rotatable bonds is 8. The first-order chi connectivity index (χ1) is 9.65. The predicted octanol–water partition coefficient (Wildman–Crippen LogP) is 1.87. The van der Waals surface area contributed by atoms with Crippen LogP contribution in [0.15, 0.2) is 18.2 Å². The lowest BCUT2D eigenvalue weighted by molar-refractivity contribution is -0.137. The Hall–Kier alpha value is -1.40. The van der Waals surface area contributed by atoms with Crippen molar-refractivity contribution < 1.29 is 19.0 Å². The van der Waals surface area contributed by atoms with Crippen molar-refractivity contribution in [2.24, 2.45) is 0 Å². The summed E-state index contributed by atoms with van der Waals surface area (Å²) in [5, 5.41) is 3.23. The van der Waals surface area contributed by atoms with E-state index in [4.69, 9.17) is 9.47 Å². The Kier molecular flexibility index (Phi) is 7.25. The number of esters is 1. The van der Waals surface area contributed by atoms with Gasteiger partial charge in [0.25, 0.3) is 0 Å². The maximum absolute atomic E-state index is 11.1. The molecule has 0 aliphatic rings. The van der Waals surface area contributed by atoms with Gasteiger partial charge in [0.05, 0.1) is 27.1 Å². The van der Waals surface area contributed by atoms with E-state index < -0.39 is 0 Å². The number of methoxy groups -OCH3 is 3. The van der Waals surface area contributed by atoms with E-state index in [0.717, 1.165) is 11.3 Å². The third-order valence-corrected chi connectivity index (χ3v) is 3.90. The minimum absolute atomic E-state index is 0.129. The van der Waals surface area contributed by atoms with E-state index in [1.54, 1.807) is 14.2 Å². The van der Waals surface area contributed by atoms with E-state index >= 15 is 0 Å². The second-order valence-electron chi connectivity index (χ2n) is 4.05. The second kappa shape index (κ2) is 8.71. The predicted molar refractivity (Wildman–Crippen MR) is 80.7 cm³/mol. The largest absolute Gasteiger partial charge is 0.493 e. The average Bonchev–Trinajstić information content (AvgIpc) is 2.50. The molecule has 5 nitrogen and oxygen atoms in total. The maximum Gasteiger partial charge on any atom is 0.315 e. The second-order valence-corrected chi connectivity index (χ2v) is 5.08. The fourth-order valence-electron chi connectivity index (χ4n) is 1.73. The molecule has 112 valence electrons. The Labute approximate surface area is 124 Å². The third-order valence-electron chi connectivity index (χ3n) is 2.89. The van der Waals surface area contributed by atoms with Gasteiger partial charge < -0.3 is 19.5 Å². The molecule has 0 radical (unpaired) electrons. The van der Waals surface area contributed by atoms with Crippen molar-refractivity contribution in [3.63, 3.8) is 0 Å². The van der Waals surface area contributed by atoms with Crippen molar-refractivity contribution >= 4 is 17.7 Å². The number of carbonyl (C=O) groups is 1. The SMILES string of the molecule is CNC(CSCC(=O)OC)c1ccc(OC)c(OC)c1. The zero-order valence-electron chi connectivity index (χ0n) is 12.3. The van der Waals surface area contributed by atoms with E-state index in [0.29, 0.717) is 17.3 Å². The van der Waals surface area contributed by atoms with E-state index in [-0.39, 0.29) is 12.0 Å². The summed E-state index contributed by atoms with van der Waals surface area (Å²) in [4.78, 5) is 11.1. The highest BCUT2D eigenvalue weighted by atomic mass is 32.2. The fraction of sp³-hybridized carbons (Fsp3) is 0.500. The Balaban J connectivity index is 2.71. The molecule has 1 atom stereocenters. The number of hydrogen-bond donors (Lipinski definition) is 1. The van der Waals surface area contributed by atoms with Crippen LogP contribution in [0.4, 0.5) is 0 Å². The number of hydrogen-bond acceptors (Lipinski definition) is 6. The minimum atomic E-state index is -0.211. The lowest BCUT2D eigenvalue weighted by Gasteiger charge is -2.18. The van der Waals surface area contributed by atoms with Crippen molar-refractivity contribution in [3.05, 3.63) is 23.8 Å². The number of nitrogens with one attached hydrogen (secondary N) is 1. The minimum Gasteiger partial charge on any atom is -0.493 e. The molecule has 6 heteroatoms. The molecule has 1 aromatic carbocycles. The van der Waals surface area contributed by atoms with Crippen LogP contribution in [0.25, 0.3) is 0 Å². The molecule has 0 saturated carbocycles. The quantitative estimate of drug-likeness (QED) is 0.740. The van der Waals surface area contributed by atoms with Gasteiger partial charge in [-0.25, -0.2) is 0 Å². The molecule has 1 unspecified atom stereocenters. The molecule has 0 aliphatic heterocycles. The molecule has 0 amide bonds. The van der Waals surface area contributed by atoms with Gasteiger partial charge in [-0.1, -0.05) is 6.07 Å². The monoisotopic (exact) mass is 299 g/mol. The molecule has 0 saturated heterocycles. The van der Waals surface area contributed by atoms with Crippen molar-refractivity contribution in [2.75, 3.05) is 39.9 Å². The van der Waals surface area contributed by atoms with Crippen LogP contribution in [0.5, 0.6) is 11.5 Å². The van der Waals surface area contributed by atoms with Gasteiger partial charge in [-0.2, -0.15) is 0 Å². The highest BCUT2D eigenvalue weighted by molar-refractivity contribution is 7.99. The van der Waals surface area contributed by atoms with Crippen LogP contribution in [-0.4, -0.2) is 45.9 Å². The zero-order valence-corrected chi connectivity index (χ0v) is 13.1. The van der Waals surface area contributed by atoms with Crippen molar-refractivity contribution in [3.8, 4) is 11.5 Å². The van der Waals surface area contributed by atoms with Crippen molar-refractivity contribution in [1.82, 2.24) is 5.32 Å². The molecule has 20 heavy (non-hydrogen) atoms. The normalized spacial score (nSPS) is 11.8. The topological polar surface area (TPSA) is 56.8 Å². The Morgan fingerprint density at radius 2 is 1.95 bits per heavy atom. The zero-order chi connectivity index (χ0) is 15.0. The summed E-state index contributed by atoms with van der Waals surface area (Å²) in [5.41, 5.74) is 1.09. The van der Waals surface area contributed by atoms with E-state index in [1.165, 1.54) is 18.9 Å². The summed E-state index contributed by atoms with van der Waals surface area (Å²) in [6.07, 6.45) is 0. The number of ether oxygens (including phenoxy) is 3. The summed E-state index contributed by atoms with van der Waals surface area (Å²) in [6, 6.07) is 5.94. The van der Waals surface area contributed by atoms with Crippen LogP contribution < -0.4 is 14.8 Å². The standard InChI is InChI=1S/C14H21NO4S/c1-15-11(8-20-9-14(16)19-4)10-5-6-12(17-2)13(7-10)18-3/h5-7,11,15H,8-9H2,1-4H3. The third kappa shape index (κ3) is 4.61. The Bertz CT molecular complexity index is 439. The summed E-state index contributed by atoms with van der Waals surface area (Å²) in [7, 11) is 6.51. The Morgan fingerprint density at radius 1 is 1.25 bits per heavy atom. The molecule has 0 aromatic heterocycles. The number of benzene rings is 1. The molecule has 0 aliphatic carbocycles. The van der Waals surface area contributed by atoms with Gasteiger partial charge in [0.2, 0.25) is 0 Å². The summed E-state index contributed by atoms with van der Waals surface area (Å²) in [6.45, 7) is 0. The molecule has 1 rings (SSSR count). The first kappa shape index (κ1) is 16.7. The van der Waals surface area contributed by atoms with Gasteiger partial charge in [-0.05, 0) is 24.7 Å². The molecular formula is C14H21NO4S. The molecule has 0 spiro atoms. The molecule has 0 heterocycles. The summed E-state index contributed by atoms with van der Waals surface area (Å²) in [5.74, 6) is 2.30. The van der Waals surface area contributed by atoms with Crippen LogP contribution in [-0.2, 0) is 9.53 Å². The Morgan fingerprint density at radius 3 is 2.50 bits per heavy atom. The van der Waals surface area contributed by atoms with Gasteiger partial charge in [0, 0.05) is 11.8 Å². The van der Waals surface area contributed by atoms with Crippen molar-refractivity contribution in [1.29, 1.82) is 0 Å². The van der Waals surface area contributed by atoms with Crippen LogP contribution in [0, 0.1) is 0 Å². The highest BCUT2D eigenvalue weighted by Gasteiger charge is 2.13. The van der Waals surface area contributed by atoms with Crippen LogP contribution in [0.3, 0.4) is 0 Å². The smallest absolute Gasteiger partial charge is 0.315 e. The molecule has 0 bridgehead atoms. The first-order valence-corrected chi connectivity index (χ1v) is 7.35. The summed E-state index contributed by atoms with van der Waals surface area (Å²) < 4.78 is 15.1. The lowest BCUT2D eigenvalue weighted by Crippen LogP contribution is -2.19. The number of thioether (sulfide) groups is 1. The van der Waals surface area contributed by atoms with E-state index in [1.807, 2.05) is 25.2 Å². The van der Waals surface area contributed by atoms with Gasteiger partial charge in [0.15, 0.2) is 11.5 Å². The number of carbonyl (C=O) groups excluding carboxylic acids is 1. The molecule has 0 fully saturated rings. The average molecular weight is 299 g/mol. The summed E-state index contributed by atoms with van der Waals surface area (Å²) >= 11 is 1.53. The van der Waals surface area contributed by atoms with Gasteiger partial charge in [0.1, 0.15) is 0 Å². The first-order valence-electron chi connectivity index (χ1n) is 6.20. The van der Waals surface area contributed by atoms with Gasteiger partial charge in [-0.15, -0.1) is 11.8 Å². The fourth-order valence-corrected chi connectivity index (χ4v) is 2.73. The van der Waals surface area contributed by atoms with Gasteiger partial charge in [-0.3, -0.25) is 4.79 Å². The maximum atomic E-state index is 11.1. The lowest BCUT2D eigenvalue weighted by atomic mass is 10.1. The van der Waals surface area contributed by atoms with Crippen molar-refractivity contribution in [2.45, 2.75) is 6.04 Å².